The van der Waals surface area contributed by atoms with Gasteiger partial charge in [-0.25, -0.2) is 0 Å². The number of benzene rings is 2. The number of hydrogen-bond acceptors (Lipinski definition) is 4. The van der Waals surface area contributed by atoms with Crippen LogP contribution < -0.4 is 10.1 Å². The van der Waals surface area contributed by atoms with Crippen molar-refractivity contribution < 1.29 is 18.7 Å². The first-order valence-electron chi connectivity index (χ1n) is 11.9. The van der Waals surface area contributed by atoms with Gasteiger partial charge >= 0.3 is 0 Å². The summed E-state index contributed by atoms with van der Waals surface area (Å²) < 4.78 is 11.0. The van der Waals surface area contributed by atoms with Gasteiger partial charge in [-0.2, -0.15) is 0 Å². The van der Waals surface area contributed by atoms with Crippen LogP contribution in [0.2, 0.25) is 0 Å². The van der Waals surface area contributed by atoms with Crippen LogP contribution in [0.1, 0.15) is 54.4 Å². The van der Waals surface area contributed by atoms with E-state index >= 15 is 0 Å². The molecule has 0 fully saturated rings. The first kappa shape index (κ1) is 23.6. The van der Waals surface area contributed by atoms with Crippen LogP contribution >= 0.6 is 0 Å². The third-order valence-electron chi connectivity index (χ3n) is 6.09. The zero-order valence-electron chi connectivity index (χ0n) is 20.0. The van der Waals surface area contributed by atoms with Gasteiger partial charge in [0.1, 0.15) is 11.8 Å². The monoisotopic (exact) mass is 460 g/mol. The Kier molecular flexibility index (Phi) is 7.36. The third kappa shape index (κ3) is 5.68. The van der Waals surface area contributed by atoms with E-state index in [4.69, 9.17) is 9.15 Å². The number of ether oxygens (including phenoxy) is 1. The van der Waals surface area contributed by atoms with Crippen molar-refractivity contribution in [1.82, 2.24) is 10.2 Å². The lowest BCUT2D eigenvalue weighted by Gasteiger charge is -2.36. The SMILES string of the molecule is CC(CCc1ccc(OC(C)C)cc1)NC(=O)C1Cc2ccccc2CN1C(=O)c1ccco1. The average Bonchev–Trinajstić information content (AvgIpc) is 3.37. The number of amides is 2. The molecule has 0 aliphatic carbocycles. The van der Waals surface area contributed by atoms with Gasteiger partial charge in [0.05, 0.1) is 12.4 Å². The predicted molar refractivity (Wildman–Crippen MR) is 131 cm³/mol. The Bertz CT molecular complexity index is 1110. The molecule has 1 aromatic heterocycles. The lowest BCUT2D eigenvalue weighted by atomic mass is 9.93. The second kappa shape index (κ2) is 10.6. The fourth-order valence-electron chi connectivity index (χ4n) is 4.31. The summed E-state index contributed by atoms with van der Waals surface area (Å²) in [6, 6.07) is 18.8. The highest BCUT2D eigenvalue weighted by molar-refractivity contribution is 5.96. The molecular weight excluding hydrogens is 428 g/mol. The van der Waals surface area contributed by atoms with Crippen molar-refractivity contribution in [3.8, 4) is 5.75 Å². The summed E-state index contributed by atoms with van der Waals surface area (Å²) in [6.45, 7) is 6.40. The Hall–Kier alpha value is -3.54. The van der Waals surface area contributed by atoms with Gasteiger partial charge < -0.3 is 19.4 Å². The predicted octanol–water partition coefficient (Wildman–Crippen LogP) is 4.77. The summed E-state index contributed by atoms with van der Waals surface area (Å²) in [5.74, 6) is 0.702. The molecule has 1 aliphatic heterocycles. The van der Waals surface area contributed by atoms with Crippen molar-refractivity contribution >= 4 is 11.8 Å². The van der Waals surface area contributed by atoms with Gasteiger partial charge in [0, 0.05) is 19.0 Å². The molecule has 6 nitrogen and oxygen atoms in total. The first-order valence-corrected chi connectivity index (χ1v) is 11.9. The highest BCUT2D eigenvalue weighted by Crippen LogP contribution is 2.25. The molecule has 1 aliphatic rings. The van der Waals surface area contributed by atoms with Crippen LogP contribution in [-0.2, 0) is 24.2 Å². The fraction of sp³-hybridized carbons (Fsp3) is 0.357. The molecular formula is C28H32N2O4. The van der Waals surface area contributed by atoms with Gasteiger partial charge in [-0.05, 0) is 74.6 Å². The maximum absolute atomic E-state index is 13.3. The molecule has 34 heavy (non-hydrogen) atoms. The zero-order chi connectivity index (χ0) is 24.1. The van der Waals surface area contributed by atoms with E-state index in [2.05, 4.69) is 17.4 Å². The summed E-state index contributed by atoms with van der Waals surface area (Å²) in [6.07, 6.45) is 3.74. The minimum absolute atomic E-state index is 0.0307. The Morgan fingerprint density at radius 2 is 1.76 bits per heavy atom. The molecule has 2 amide bonds. The summed E-state index contributed by atoms with van der Waals surface area (Å²) in [5, 5.41) is 3.13. The number of rotatable bonds is 8. The molecule has 6 heteroatoms. The Morgan fingerprint density at radius 3 is 2.44 bits per heavy atom. The summed E-state index contributed by atoms with van der Waals surface area (Å²) >= 11 is 0. The lowest BCUT2D eigenvalue weighted by Crippen LogP contribution is -2.54. The maximum Gasteiger partial charge on any atom is 0.290 e. The summed E-state index contributed by atoms with van der Waals surface area (Å²) in [7, 11) is 0. The van der Waals surface area contributed by atoms with E-state index in [9.17, 15) is 9.59 Å². The van der Waals surface area contributed by atoms with Crippen LogP contribution in [0.3, 0.4) is 0 Å². The highest BCUT2D eigenvalue weighted by atomic mass is 16.5. The molecule has 4 rings (SSSR count). The number of carbonyl (C=O) groups excluding carboxylic acids is 2. The van der Waals surface area contributed by atoms with Gasteiger partial charge in [-0.15, -0.1) is 0 Å². The van der Waals surface area contributed by atoms with Crippen LogP contribution in [-0.4, -0.2) is 34.9 Å². The molecule has 2 unspecified atom stereocenters. The van der Waals surface area contributed by atoms with E-state index < -0.39 is 6.04 Å². The first-order chi connectivity index (χ1) is 16.4. The van der Waals surface area contributed by atoms with Crippen LogP contribution in [0.5, 0.6) is 5.75 Å². The fourth-order valence-corrected chi connectivity index (χ4v) is 4.31. The summed E-state index contributed by atoms with van der Waals surface area (Å²) in [4.78, 5) is 28.0. The third-order valence-corrected chi connectivity index (χ3v) is 6.09. The second-order valence-corrected chi connectivity index (χ2v) is 9.16. The molecule has 2 atom stereocenters. The van der Waals surface area contributed by atoms with Crippen molar-refractivity contribution in [3.05, 3.63) is 89.4 Å². The van der Waals surface area contributed by atoms with Gasteiger partial charge in [0.2, 0.25) is 5.91 Å². The van der Waals surface area contributed by atoms with Crippen LogP contribution in [0, 0.1) is 0 Å². The molecule has 3 aromatic rings. The number of aryl methyl sites for hydroxylation is 1. The quantitative estimate of drug-likeness (QED) is 0.526. The number of carbonyl (C=O) groups is 2. The van der Waals surface area contributed by atoms with E-state index in [-0.39, 0.29) is 29.7 Å². The molecule has 2 aromatic carbocycles. The topological polar surface area (TPSA) is 71.8 Å². The standard InChI is InChI=1S/C28H32N2O4/c1-19(2)34-24-14-12-21(13-15-24)11-10-20(3)29-27(31)25-17-22-7-4-5-8-23(22)18-30(25)28(32)26-9-6-16-33-26/h4-9,12-16,19-20,25H,10-11,17-18H2,1-3H3,(H,29,31). The van der Waals surface area contributed by atoms with E-state index in [1.54, 1.807) is 17.0 Å². The number of hydrogen-bond donors (Lipinski definition) is 1. The van der Waals surface area contributed by atoms with Gasteiger partial charge in [-0.1, -0.05) is 36.4 Å². The summed E-state index contributed by atoms with van der Waals surface area (Å²) in [5.41, 5.74) is 3.35. The van der Waals surface area contributed by atoms with Gasteiger partial charge in [0.25, 0.3) is 5.91 Å². The van der Waals surface area contributed by atoms with Crippen molar-refractivity contribution in [3.63, 3.8) is 0 Å². The van der Waals surface area contributed by atoms with Gasteiger partial charge in [0.15, 0.2) is 5.76 Å². The van der Waals surface area contributed by atoms with Crippen LogP contribution in [0.4, 0.5) is 0 Å². The molecule has 0 saturated heterocycles. The minimum Gasteiger partial charge on any atom is -0.491 e. The number of nitrogens with one attached hydrogen (secondary N) is 1. The lowest BCUT2D eigenvalue weighted by molar-refractivity contribution is -0.126. The van der Waals surface area contributed by atoms with Crippen molar-refractivity contribution in [2.45, 2.75) is 64.8 Å². The minimum atomic E-state index is -0.581. The van der Waals surface area contributed by atoms with Crippen LogP contribution in [0.15, 0.2) is 71.3 Å². The van der Waals surface area contributed by atoms with Crippen LogP contribution in [0.25, 0.3) is 0 Å². The molecule has 1 N–H and O–H groups in total. The Morgan fingerprint density at radius 1 is 1.03 bits per heavy atom. The second-order valence-electron chi connectivity index (χ2n) is 9.16. The number of fused-ring (bicyclic) bond motifs is 1. The van der Waals surface area contributed by atoms with E-state index in [0.29, 0.717) is 13.0 Å². The zero-order valence-corrected chi connectivity index (χ0v) is 20.0. The van der Waals surface area contributed by atoms with E-state index in [1.807, 2.05) is 57.2 Å². The maximum atomic E-state index is 13.3. The molecule has 0 bridgehead atoms. The molecule has 2 heterocycles. The molecule has 0 saturated carbocycles. The Labute approximate surface area is 200 Å². The van der Waals surface area contributed by atoms with E-state index in [0.717, 1.165) is 29.7 Å². The largest absolute Gasteiger partial charge is 0.491 e. The number of nitrogens with zero attached hydrogens (tertiary/aromatic N) is 1. The normalized spacial score (nSPS) is 16.1. The van der Waals surface area contributed by atoms with Crippen molar-refractivity contribution in [2.75, 3.05) is 0 Å². The van der Waals surface area contributed by atoms with E-state index in [1.165, 1.54) is 11.8 Å². The molecule has 0 spiro atoms. The van der Waals surface area contributed by atoms with Crippen molar-refractivity contribution in [1.29, 1.82) is 0 Å². The smallest absolute Gasteiger partial charge is 0.290 e. The number of furan rings is 1. The van der Waals surface area contributed by atoms with Gasteiger partial charge in [-0.3, -0.25) is 9.59 Å². The average molecular weight is 461 g/mol. The molecule has 178 valence electrons. The Balaban J connectivity index is 1.40. The highest BCUT2D eigenvalue weighted by Gasteiger charge is 2.36. The van der Waals surface area contributed by atoms with Crippen molar-refractivity contribution in [2.24, 2.45) is 0 Å². The molecule has 0 radical (unpaired) electrons.